The predicted molar refractivity (Wildman–Crippen MR) is 45.5 cm³/mol. The molecule has 0 N–H and O–H groups in total. The third kappa shape index (κ3) is 3.25. The van der Waals surface area contributed by atoms with Crippen molar-refractivity contribution in [2.45, 2.75) is 32.1 Å². The first-order valence-corrected chi connectivity index (χ1v) is 5.67. The third-order valence-corrected chi connectivity index (χ3v) is 3.67. The summed E-state index contributed by atoms with van der Waals surface area (Å²) in [5.74, 6) is 0. The van der Waals surface area contributed by atoms with Gasteiger partial charge in [0.2, 0.25) is 0 Å². The lowest BCUT2D eigenvalue weighted by atomic mass is 10.2. The number of hydrogen-bond acceptors (Lipinski definition) is 0. The maximum atomic E-state index is 5.87. The Balaban J connectivity index is 2.12. The molecule has 1 saturated heterocycles. The molecular weight excluding hydrogens is 126 g/mol. The van der Waals surface area contributed by atoms with Crippen molar-refractivity contribution in [2.24, 2.45) is 0 Å². The van der Waals surface area contributed by atoms with Gasteiger partial charge in [0.25, 0.3) is 0 Å². The Bertz CT molecular complexity index is 67.3. The largest absolute Gasteiger partial charge is 0.157 e. The number of hydrogen-bond donors (Lipinski definition) is 0. The molecule has 0 aliphatic carbocycles. The summed E-state index contributed by atoms with van der Waals surface area (Å²) in [6.07, 6.45) is 9.74. The average Bonchev–Trinajstić information content (AvgIpc) is 1.79. The lowest BCUT2D eigenvalue weighted by Gasteiger charge is -2.15. The van der Waals surface area contributed by atoms with Gasteiger partial charge in [-0.3, -0.25) is 0 Å². The van der Waals surface area contributed by atoms with Crippen molar-refractivity contribution >= 4 is 15.4 Å². The van der Waals surface area contributed by atoms with E-state index in [1.807, 2.05) is 0 Å². The molecule has 0 aromatic carbocycles. The molecule has 0 aromatic rings. The van der Waals surface area contributed by atoms with Gasteiger partial charge >= 0.3 is 0 Å². The Hall–Kier alpha value is 0.495. The summed E-state index contributed by atoms with van der Waals surface area (Å²) >= 11 is 0. The predicted octanol–water partition coefficient (Wildman–Crippen LogP) is 2.52. The highest BCUT2D eigenvalue weighted by Crippen LogP contribution is 2.33. The van der Waals surface area contributed by atoms with Crippen molar-refractivity contribution in [3.05, 3.63) is 0 Å². The Morgan fingerprint density at radius 3 is 1.78 bits per heavy atom. The van der Waals surface area contributed by atoms with Gasteiger partial charge in [-0.05, 0) is 12.3 Å². The first kappa shape index (κ1) is 7.60. The zero-order valence-corrected chi connectivity index (χ0v) is 6.87. The maximum absolute atomic E-state index is 5.87. The first-order chi connectivity index (χ1) is 4.39. The first-order valence-electron chi connectivity index (χ1n) is 3.89. The van der Waals surface area contributed by atoms with E-state index in [1.54, 1.807) is 0 Å². The normalized spacial score (nSPS) is 24.9. The molecule has 1 rings (SSSR count). The van der Waals surface area contributed by atoms with Crippen LogP contribution < -0.4 is 0 Å². The van der Waals surface area contributed by atoms with Gasteiger partial charge < -0.3 is 0 Å². The fraction of sp³-hybridized carbons (Fsp3) is 1.00. The standard InChI is InChI=1S/C7H14BP/c8-9-6-4-2-1-3-5-7-9/h1-7H2. The van der Waals surface area contributed by atoms with Gasteiger partial charge in [-0.2, -0.15) is 7.80 Å². The topological polar surface area (TPSA) is 0 Å². The second-order valence-electron chi connectivity index (χ2n) is 2.80. The molecule has 0 amide bonds. The molecule has 1 heterocycles. The molecule has 2 heteroatoms. The van der Waals surface area contributed by atoms with Crippen LogP contribution in [0.3, 0.4) is 0 Å². The Morgan fingerprint density at radius 1 is 0.778 bits per heavy atom. The highest BCUT2D eigenvalue weighted by molar-refractivity contribution is 7.82. The monoisotopic (exact) mass is 140 g/mol. The van der Waals surface area contributed by atoms with E-state index in [0.717, 1.165) is 0 Å². The van der Waals surface area contributed by atoms with Crippen molar-refractivity contribution < 1.29 is 0 Å². The van der Waals surface area contributed by atoms with Crippen LogP contribution in [0.5, 0.6) is 0 Å². The molecule has 0 nitrogen and oxygen atoms in total. The van der Waals surface area contributed by atoms with Gasteiger partial charge in [0.15, 0.2) is 0 Å². The summed E-state index contributed by atoms with van der Waals surface area (Å²) in [6, 6.07) is 0. The summed E-state index contributed by atoms with van der Waals surface area (Å²) in [5.41, 5.74) is 0. The van der Waals surface area contributed by atoms with Gasteiger partial charge in [0, 0.05) is 0 Å². The van der Waals surface area contributed by atoms with E-state index in [9.17, 15) is 0 Å². The number of rotatable bonds is 0. The molecule has 0 bridgehead atoms. The van der Waals surface area contributed by atoms with Gasteiger partial charge in [-0.1, -0.05) is 32.1 Å². The van der Waals surface area contributed by atoms with Crippen molar-refractivity contribution in [3.63, 3.8) is 0 Å². The Kier molecular flexibility index (Phi) is 3.66. The molecule has 0 saturated carbocycles. The smallest absolute Gasteiger partial charge is 0.109 e. The van der Waals surface area contributed by atoms with E-state index in [2.05, 4.69) is 0 Å². The molecule has 1 aliphatic heterocycles. The molecular formula is C7H14BP. The molecule has 0 atom stereocenters. The summed E-state index contributed by atoms with van der Waals surface area (Å²) in [4.78, 5) is 0. The van der Waals surface area contributed by atoms with Crippen molar-refractivity contribution in [2.75, 3.05) is 12.3 Å². The van der Waals surface area contributed by atoms with Gasteiger partial charge in [-0.25, -0.2) is 0 Å². The molecule has 2 radical (unpaired) electrons. The summed E-state index contributed by atoms with van der Waals surface area (Å²) in [7, 11) is 5.83. The van der Waals surface area contributed by atoms with E-state index in [-0.39, 0.29) is 7.80 Å². The summed E-state index contributed by atoms with van der Waals surface area (Å²) < 4.78 is 0. The van der Waals surface area contributed by atoms with E-state index < -0.39 is 0 Å². The quantitative estimate of drug-likeness (QED) is 0.358. The Labute approximate surface area is 60.5 Å². The average molecular weight is 140 g/mol. The third-order valence-electron chi connectivity index (χ3n) is 1.89. The van der Waals surface area contributed by atoms with Crippen LogP contribution >= 0.6 is 7.80 Å². The minimum Gasteiger partial charge on any atom is -0.157 e. The fourth-order valence-corrected chi connectivity index (χ4v) is 2.76. The van der Waals surface area contributed by atoms with Crippen LogP contribution in [0.15, 0.2) is 0 Å². The van der Waals surface area contributed by atoms with Crippen molar-refractivity contribution in [1.82, 2.24) is 0 Å². The zero-order chi connectivity index (χ0) is 6.53. The molecule has 0 aromatic heterocycles. The molecule has 1 aliphatic rings. The van der Waals surface area contributed by atoms with Gasteiger partial charge in [-0.15, -0.1) is 0 Å². The van der Waals surface area contributed by atoms with Crippen molar-refractivity contribution in [1.29, 1.82) is 0 Å². The molecule has 0 unspecified atom stereocenters. The molecule has 1 fully saturated rings. The maximum Gasteiger partial charge on any atom is 0.109 e. The second-order valence-corrected chi connectivity index (χ2v) is 4.88. The fourth-order valence-electron chi connectivity index (χ4n) is 1.27. The van der Waals surface area contributed by atoms with E-state index >= 15 is 0 Å². The summed E-state index contributed by atoms with van der Waals surface area (Å²) in [5, 5.41) is 0. The molecule has 0 spiro atoms. The minimum atomic E-state index is -0.0353. The zero-order valence-electron chi connectivity index (χ0n) is 5.97. The van der Waals surface area contributed by atoms with Gasteiger partial charge in [0.05, 0.1) is 0 Å². The van der Waals surface area contributed by atoms with Crippen LogP contribution in [0.25, 0.3) is 0 Å². The van der Waals surface area contributed by atoms with Crippen LogP contribution in [0, 0.1) is 0 Å². The molecule has 50 valence electrons. The minimum absolute atomic E-state index is 0.0353. The van der Waals surface area contributed by atoms with E-state index in [1.165, 1.54) is 44.4 Å². The summed E-state index contributed by atoms with van der Waals surface area (Å²) in [6.45, 7) is 0. The van der Waals surface area contributed by atoms with E-state index in [4.69, 9.17) is 7.57 Å². The van der Waals surface area contributed by atoms with Crippen molar-refractivity contribution in [3.8, 4) is 0 Å². The Morgan fingerprint density at radius 2 is 1.22 bits per heavy atom. The van der Waals surface area contributed by atoms with Crippen LogP contribution in [0.2, 0.25) is 0 Å². The van der Waals surface area contributed by atoms with Crippen LogP contribution in [0.1, 0.15) is 32.1 Å². The SMILES string of the molecule is [B]P1CCCCCCC1. The van der Waals surface area contributed by atoms with E-state index in [0.29, 0.717) is 0 Å². The van der Waals surface area contributed by atoms with Gasteiger partial charge in [0.1, 0.15) is 7.57 Å². The van der Waals surface area contributed by atoms with Crippen LogP contribution in [-0.2, 0) is 0 Å². The lowest BCUT2D eigenvalue weighted by Crippen LogP contribution is -1.95. The van der Waals surface area contributed by atoms with Crippen LogP contribution in [-0.4, -0.2) is 19.9 Å². The van der Waals surface area contributed by atoms with Crippen LogP contribution in [0.4, 0.5) is 0 Å². The second kappa shape index (κ2) is 4.33. The highest BCUT2D eigenvalue weighted by Gasteiger charge is 2.03. The lowest BCUT2D eigenvalue weighted by molar-refractivity contribution is 0.650. The highest BCUT2D eigenvalue weighted by atomic mass is 31.1. The molecule has 9 heavy (non-hydrogen) atoms.